The van der Waals surface area contributed by atoms with E-state index in [1.165, 1.54) is 34.9 Å². The van der Waals surface area contributed by atoms with E-state index < -0.39 is 17.6 Å². The van der Waals surface area contributed by atoms with E-state index in [1.54, 1.807) is 6.08 Å². The number of para-hydroxylation sites is 1. The SMILES string of the molecule is Cc1ccc(/C=C2/SC(=S)N(CCCC(=O)Nc3ccccc3C(F)(F)F)C2=O)cc1. The van der Waals surface area contributed by atoms with Crippen LogP contribution in [0.4, 0.5) is 18.9 Å². The Bertz CT molecular complexity index is 1030. The number of hydrogen-bond donors (Lipinski definition) is 1. The topological polar surface area (TPSA) is 49.4 Å². The van der Waals surface area contributed by atoms with Crippen molar-refractivity contribution in [1.82, 2.24) is 4.90 Å². The number of carbonyl (C=O) groups is 2. The lowest BCUT2D eigenvalue weighted by molar-refractivity contribution is -0.137. The molecule has 1 N–H and O–H groups in total. The van der Waals surface area contributed by atoms with E-state index in [1.807, 2.05) is 31.2 Å². The maximum Gasteiger partial charge on any atom is 0.418 e. The minimum Gasteiger partial charge on any atom is -0.326 e. The fourth-order valence-electron chi connectivity index (χ4n) is 2.96. The number of amides is 2. The normalized spacial score (nSPS) is 15.6. The van der Waals surface area contributed by atoms with Gasteiger partial charge in [0.25, 0.3) is 5.91 Å². The van der Waals surface area contributed by atoms with Crippen molar-refractivity contribution in [1.29, 1.82) is 0 Å². The molecular formula is C22H19F3N2O2S2. The molecule has 4 nitrogen and oxygen atoms in total. The van der Waals surface area contributed by atoms with Crippen molar-refractivity contribution in [2.24, 2.45) is 0 Å². The Labute approximate surface area is 187 Å². The molecule has 0 saturated carbocycles. The van der Waals surface area contributed by atoms with Gasteiger partial charge in [-0.2, -0.15) is 13.2 Å². The van der Waals surface area contributed by atoms with Crippen molar-refractivity contribution >= 4 is 51.9 Å². The second kappa shape index (κ2) is 9.65. The summed E-state index contributed by atoms with van der Waals surface area (Å²) in [6.07, 6.45) is -2.57. The molecule has 1 aliphatic rings. The van der Waals surface area contributed by atoms with E-state index in [4.69, 9.17) is 12.2 Å². The first-order valence-electron chi connectivity index (χ1n) is 9.43. The van der Waals surface area contributed by atoms with Crippen LogP contribution in [0.15, 0.2) is 53.4 Å². The number of rotatable bonds is 6. The van der Waals surface area contributed by atoms with Gasteiger partial charge in [-0.3, -0.25) is 14.5 Å². The fourth-order valence-corrected chi connectivity index (χ4v) is 4.27. The molecule has 1 saturated heterocycles. The molecule has 1 aliphatic heterocycles. The Hall–Kier alpha value is -2.65. The third kappa shape index (κ3) is 5.95. The van der Waals surface area contributed by atoms with Gasteiger partial charge < -0.3 is 5.32 Å². The second-order valence-corrected chi connectivity index (χ2v) is 8.61. The number of alkyl halides is 3. The van der Waals surface area contributed by atoms with Crippen LogP contribution in [0.5, 0.6) is 0 Å². The molecular weight excluding hydrogens is 445 g/mol. The molecule has 0 aliphatic carbocycles. The summed E-state index contributed by atoms with van der Waals surface area (Å²) >= 11 is 6.47. The summed E-state index contributed by atoms with van der Waals surface area (Å²) in [5.41, 5.74) is 0.808. The van der Waals surface area contributed by atoms with Crippen LogP contribution in [0.2, 0.25) is 0 Å². The van der Waals surface area contributed by atoms with Gasteiger partial charge >= 0.3 is 6.18 Å². The number of halogens is 3. The molecule has 0 aromatic heterocycles. The second-order valence-electron chi connectivity index (χ2n) is 6.94. The maximum absolute atomic E-state index is 13.0. The quantitative estimate of drug-likeness (QED) is 0.444. The van der Waals surface area contributed by atoms with Crippen LogP contribution in [-0.4, -0.2) is 27.6 Å². The van der Waals surface area contributed by atoms with E-state index in [0.29, 0.717) is 9.23 Å². The Morgan fingerprint density at radius 3 is 2.52 bits per heavy atom. The zero-order chi connectivity index (χ0) is 22.6. The molecule has 2 amide bonds. The van der Waals surface area contributed by atoms with Gasteiger partial charge in [-0.1, -0.05) is 65.9 Å². The van der Waals surface area contributed by atoms with E-state index in [2.05, 4.69) is 5.32 Å². The van der Waals surface area contributed by atoms with Crippen LogP contribution in [0, 0.1) is 6.92 Å². The van der Waals surface area contributed by atoms with Crippen molar-refractivity contribution < 1.29 is 22.8 Å². The minimum atomic E-state index is -4.56. The highest BCUT2D eigenvalue weighted by Gasteiger charge is 2.34. The molecule has 31 heavy (non-hydrogen) atoms. The lowest BCUT2D eigenvalue weighted by Gasteiger charge is -2.15. The van der Waals surface area contributed by atoms with Gasteiger partial charge in [-0.15, -0.1) is 0 Å². The first kappa shape index (κ1) is 23.0. The average Bonchev–Trinajstić information content (AvgIpc) is 2.96. The molecule has 0 spiro atoms. The minimum absolute atomic E-state index is 0.0414. The van der Waals surface area contributed by atoms with Crippen molar-refractivity contribution in [3.63, 3.8) is 0 Å². The number of thioether (sulfide) groups is 1. The summed E-state index contributed by atoms with van der Waals surface area (Å²) in [7, 11) is 0. The Balaban J connectivity index is 1.56. The fraction of sp³-hybridized carbons (Fsp3) is 0.227. The average molecular weight is 465 g/mol. The number of hydrogen-bond acceptors (Lipinski definition) is 4. The number of nitrogens with one attached hydrogen (secondary N) is 1. The van der Waals surface area contributed by atoms with Crippen LogP contribution < -0.4 is 5.32 Å². The van der Waals surface area contributed by atoms with Crippen LogP contribution in [0.3, 0.4) is 0 Å². The summed E-state index contributed by atoms with van der Waals surface area (Å²) in [5.74, 6) is -0.796. The van der Waals surface area contributed by atoms with Gasteiger partial charge in [0.1, 0.15) is 4.32 Å². The van der Waals surface area contributed by atoms with Gasteiger partial charge in [0, 0.05) is 13.0 Å². The molecule has 0 bridgehead atoms. The molecule has 162 valence electrons. The maximum atomic E-state index is 13.0. The zero-order valence-corrected chi connectivity index (χ0v) is 18.2. The van der Waals surface area contributed by atoms with Crippen molar-refractivity contribution in [2.75, 3.05) is 11.9 Å². The Morgan fingerprint density at radius 2 is 1.84 bits per heavy atom. The number of aryl methyl sites for hydroxylation is 1. The highest BCUT2D eigenvalue weighted by atomic mass is 32.2. The van der Waals surface area contributed by atoms with E-state index >= 15 is 0 Å². The summed E-state index contributed by atoms with van der Waals surface area (Å²) < 4.78 is 39.5. The molecule has 0 unspecified atom stereocenters. The molecule has 3 rings (SSSR count). The first-order chi connectivity index (χ1) is 14.6. The van der Waals surface area contributed by atoms with Gasteiger partial charge in [-0.05, 0) is 37.1 Å². The molecule has 0 radical (unpaired) electrons. The van der Waals surface area contributed by atoms with Crippen molar-refractivity contribution in [2.45, 2.75) is 25.9 Å². The number of nitrogens with zero attached hydrogens (tertiary/aromatic N) is 1. The largest absolute Gasteiger partial charge is 0.418 e. The smallest absolute Gasteiger partial charge is 0.326 e. The highest BCUT2D eigenvalue weighted by Crippen LogP contribution is 2.35. The van der Waals surface area contributed by atoms with Gasteiger partial charge in [-0.25, -0.2) is 0 Å². The third-order valence-electron chi connectivity index (χ3n) is 4.54. The standard InChI is InChI=1S/C22H19F3N2O2S2/c1-14-8-10-15(11-9-14)13-18-20(29)27(21(30)31-18)12-4-7-19(28)26-17-6-3-2-5-16(17)22(23,24)25/h2-3,5-6,8-11,13H,4,7,12H2,1H3,(H,26,28)/b18-13+. The van der Waals surface area contributed by atoms with E-state index in [-0.39, 0.29) is 31.0 Å². The summed E-state index contributed by atoms with van der Waals surface area (Å²) in [5, 5.41) is 2.30. The zero-order valence-electron chi connectivity index (χ0n) is 16.5. The first-order valence-corrected chi connectivity index (χ1v) is 10.7. The lowest BCUT2D eigenvalue weighted by atomic mass is 10.1. The van der Waals surface area contributed by atoms with E-state index in [0.717, 1.165) is 17.2 Å². The molecule has 1 heterocycles. The van der Waals surface area contributed by atoms with E-state index in [9.17, 15) is 22.8 Å². The Morgan fingerprint density at radius 1 is 1.16 bits per heavy atom. The van der Waals surface area contributed by atoms with Crippen LogP contribution in [0.1, 0.15) is 29.5 Å². The summed E-state index contributed by atoms with van der Waals surface area (Å²) in [6, 6.07) is 12.5. The van der Waals surface area contributed by atoms with Crippen molar-refractivity contribution in [3.05, 3.63) is 70.1 Å². The lowest BCUT2D eigenvalue weighted by Crippen LogP contribution is -2.29. The number of thiocarbonyl (C=S) groups is 1. The Kier molecular flexibility index (Phi) is 7.17. The molecule has 0 atom stereocenters. The summed E-state index contributed by atoms with van der Waals surface area (Å²) in [4.78, 5) is 26.7. The van der Waals surface area contributed by atoms with Crippen LogP contribution in [0.25, 0.3) is 6.08 Å². The molecule has 9 heteroatoms. The predicted molar refractivity (Wildman–Crippen MR) is 120 cm³/mol. The van der Waals surface area contributed by atoms with Gasteiger partial charge in [0.15, 0.2) is 0 Å². The van der Waals surface area contributed by atoms with Gasteiger partial charge in [0.05, 0.1) is 16.2 Å². The number of benzene rings is 2. The predicted octanol–water partition coefficient (Wildman–Crippen LogP) is 5.63. The highest BCUT2D eigenvalue weighted by molar-refractivity contribution is 8.26. The van der Waals surface area contributed by atoms with Crippen LogP contribution >= 0.6 is 24.0 Å². The monoisotopic (exact) mass is 464 g/mol. The van der Waals surface area contributed by atoms with Gasteiger partial charge in [0.2, 0.25) is 5.91 Å². The third-order valence-corrected chi connectivity index (χ3v) is 5.92. The van der Waals surface area contributed by atoms with Crippen LogP contribution in [-0.2, 0) is 15.8 Å². The molecule has 2 aromatic carbocycles. The molecule has 2 aromatic rings. The molecule has 1 fully saturated rings. The summed E-state index contributed by atoms with van der Waals surface area (Å²) in [6.45, 7) is 2.19. The van der Waals surface area contributed by atoms with Crippen molar-refractivity contribution in [3.8, 4) is 0 Å². The number of carbonyl (C=O) groups excluding carboxylic acids is 2. The number of anilines is 1.